The molecule has 1 heterocycles. The molecule has 1 amide bonds. The second-order valence-electron chi connectivity index (χ2n) is 4.68. The number of phenols is 2. The van der Waals surface area contributed by atoms with E-state index in [1.807, 2.05) is 0 Å². The van der Waals surface area contributed by atoms with Gasteiger partial charge >= 0.3 is 0 Å². The molecule has 0 spiro atoms. The van der Waals surface area contributed by atoms with E-state index in [0.29, 0.717) is 18.5 Å². The van der Waals surface area contributed by atoms with Crippen LogP contribution >= 0.6 is 0 Å². The maximum absolute atomic E-state index is 12.0. The van der Waals surface area contributed by atoms with E-state index < -0.39 is 5.60 Å². The van der Waals surface area contributed by atoms with Gasteiger partial charge in [-0.2, -0.15) is 0 Å². The van der Waals surface area contributed by atoms with E-state index in [4.69, 9.17) is 5.11 Å². The molecule has 1 unspecified atom stereocenters. The molecule has 0 saturated carbocycles. The molecule has 3 N–H and O–H groups in total. The summed E-state index contributed by atoms with van der Waals surface area (Å²) in [7, 11) is 0. The van der Waals surface area contributed by atoms with E-state index in [2.05, 4.69) is 0 Å². The van der Waals surface area contributed by atoms with Crippen LogP contribution in [0, 0.1) is 0 Å². The summed E-state index contributed by atoms with van der Waals surface area (Å²) in [5.41, 5.74) is -0.535. The standard InChI is InChI=1S/C12H15NO4/c1-12(17)4-5-13(7-12)11(16)8-2-3-9(14)10(15)6-8/h2-3,6,14-15,17H,4-5,7H2,1H3. The molecule has 17 heavy (non-hydrogen) atoms. The molecule has 1 saturated heterocycles. The fourth-order valence-electron chi connectivity index (χ4n) is 1.96. The van der Waals surface area contributed by atoms with Crippen molar-refractivity contribution < 1.29 is 20.1 Å². The summed E-state index contributed by atoms with van der Waals surface area (Å²) in [4.78, 5) is 13.6. The van der Waals surface area contributed by atoms with Crippen LogP contribution in [0.1, 0.15) is 23.7 Å². The van der Waals surface area contributed by atoms with Crippen molar-refractivity contribution in [2.45, 2.75) is 18.9 Å². The lowest BCUT2D eigenvalue weighted by molar-refractivity contribution is 0.0572. The Morgan fingerprint density at radius 3 is 2.59 bits per heavy atom. The van der Waals surface area contributed by atoms with E-state index in [-0.39, 0.29) is 24.0 Å². The van der Waals surface area contributed by atoms with Crippen molar-refractivity contribution in [1.29, 1.82) is 0 Å². The number of carbonyl (C=O) groups excluding carboxylic acids is 1. The van der Waals surface area contributed by atoms with Crippen LogP contribution < -0.4 is 0 Å². The zero-order chi connectivity index (χ0) is 12.6. The minimum absolute atomic E-state index is 0.252. The molecule has 0 radical (unpaired) electrons. The van der Waals surface area contributed by atoms with Crippen molar-refractivity contribution in [1.82, 2.24) is 4.90 Å². The van der Waals surface area contributed by atoms with Crippen molar-refractivity contribution in [3.8, 4) is 11.5 Å². The van der Waals surface area contributed by atoms with E-state index in [9.17, 15) is 15.0 Å². The first-order valence-corrected chi connectivity index (χ1v) is 5.43. The number of β-amino-alcohol motifs (C(OH)–C–C–N with tert-alkyl or cyclic N) is 1. The van der Waals surface area contributed by atoms with Crippen LogP contribution in [-0.4, -0.2) is 44.8 Å². The monoisotopic (exact) mass is 237 g/mol. The van der Waals surface area contributed by atoms with E-state index in [1.54, 1.807) is 6.92 Å². The Bertz CT molecular complexity index is 456. The highest BCUT2D eigenvalue weighted by Gasteiger charge is 2.34. The predicted molar refractivity (Wildman–Crippen MR) is 60.9 cm³/mol. The second-order valence-corrected chi connectivity index (χ2v) is 4.68. The zero-order valence-electron chi connectivity index (χ0n) is 9.55. The molecule has 0 aromatic heterocycles. The molecular weight excluding hydrogens is 222 g/mol. The zero-order valence-corrected chi connectivity index (χ0v) is 9.55. The maximum atomic E-state index is 12.0. The van der Waals surface area contributed by atoms with E-state index in [1.165, 1.54) is 23.1 Å². The van der Waals surface area contributed by atoms with Gasteiger partial charge in [-0.15, -0.1) is 0 Å². The van der Waals surface area contributed by atoms with Crippen molar-refractivity contribution in [3.63, 3.8) is 0 Å². The number of phenolic OH excluding ortho intramolecular Hbond substituents is 2. The molecular formula is C12H15NO4. The third-order valence-corrected chi connectivity index (χ3v) is 2.96. The summed E-state index contributed by atoms with van der Waals surface area (Å²) in [5.74, 6) is -0.824. The lowest BCUT2D eigenvalue weighted by atomic mass is 10.1. The Kier molecular flexibility index (Phi) is 2.71. The average Bonchev–Trinajstić information content (AvgIpc) is 2.62. The number of likely N-dealkylation sites (tertiary alicyclic amines) is 1. The first kappa shape index (κ1) is 11.7. The SMILES string of the molecule is CC1(O)CCN(C(=O)c2ccc(O)c(O)c2)C1. The van der Waals surface area contributed by atoms with Gasteiger partial charge in [0.15, 0.2) is 11.5 Å². The van der Waals surface area contributed by atoms with Crippen molar-refractivity contribution >= 4 is 5.91 Å². The first-order valence-electron chi connectivity index (χ1n) is 5.43. The molecule has 0 bridgehead atoms. The highest BCUT2D eigenvalue weighted by Crippen LogP contribution is 2.27. The van der Waals surface area contributed by atoms with Crippen molar-refractivity contribution in [2.24, 2.45) is 0 Å². The smallest absolute Gasteiger partial charge is 0.254 e. The molecule has 2 rings (SSSR count). The van der Waals surface area contributed by atoms with Gasteiger partial charge in [0, 0.05) is 18.7 Å². The number of rotatable bonds is 1. The van der Waals surface area contributed by atoms with Gasteiger partial charge in [-0.1, -0.05) is 0 Å². The second kappa shape index (κ2) is 3.92. The molecule has 92 valence electrons. The number of amides is 1. The summed E-state index contributed by atoms with van der Waals surface area (Å²) in [6.07, 6.45) is 0.544. The number of hydrogen-bond donors (Lipinski definition) is 3. The van der Waals surface area contributed by atoms with Gasteiger partial charge in [0.25, 0.3) is 5.91 Å². The Hall–Kier alpha value is -1.75. The third kappa shape index (κ3) is 2.34. The van der Waals surface area contributed by atoms with Crippen LogP contribution in [0.2, 0.25) is 0 Å². The van der Waals surface area contributed by atoms with Gasteiger partial charge in [-0.05, 0) is 31.5 Å². The summed E-state index contributed by atoms with van der Waals surface area (Å²) in [5, 5.41) is 28.3. The summed E-state index contributed by atoms with van der Waals surface area (Å²) in [6.45, 7) is 2.47. The topological polar surface area (TPSA) is 81.0 Å². The first-order chi connectivity index (χ1) is 7.89. The Labute approximate surface area is 98.9 Å². The molecule has 1 aliphatic heterocycles. The number of hydrogen-bond acceptors (Lipinski definition) is 4. The molecule has 1 aromatic carbocycles. The number of carbonyl (C=O) groups is 1. The Morgan fingerprint density at radius 1 is 1.35 bits per heavy atom. The lowest BCUT2D eigenvalue weighted by Crippen LogP contribution is -2.33. The predicted octanol–water partition coefficient (Wildman–Crippen LogP) is 0.695. The number of aliphatic hydroxyl groups is 1. The number of benzene rings is 1. The molecule has 1 atom stereocenters. The van der Waals surface area contributed by atoms with Gasteiger partial charge < -0.3 is 20.2 Å². The van der Waals surface area contributed by atoms with Gasteiger partial charge in [0.1, 0.15) is 0 Å². The van der Waals surface area contributed by atoms with E-state index in [0.717, 1.165) is 0 Å². The van der Waals surface area contributed by atoms with E-state index >= 15 is 0 Å². The van der Waals surface area contributed by atoms with Crippen LogP contribution in [0.4, 0.5) is 0 Å². The fraction of sp³-hybridized carbons (Fsp3) is 0.417. The third-order valence-electron chi connectivity index (χ3n) is 2.96. The van der Waals surface area contributed by atoms with Crippen LogP contribution in [0.5, 0.6) is 11.5 Å². The van der Waals surface area contributed by atoms with Crippen LogP contribution in [-0.2, 0) is 0 Å². The largest absolute Gasteiger partial charge is 0.504 e. The normalized spacial score (nSPS) is 24.0. The van der Waals surface area contributed by atoms with Crippen LogP contribution in [0.15, 0.2) is 18.2 Å². The molecule has 1 aromatic rings. The van der Waals surface area contributed by atoms with Gasteiger partial charge in [0.05, 0.1) is 5.60 Å². The molecule has 0 aliphatic carbocycles. The minimum atomic E-state index is -0.839. The molecule has 5 heteroatoms. The highest BCUT2D eigenvalue weighted by molar-refractivity contribution is 5.95. The van der Waals surface area contributed by atoms with Gasteiger partial charge in [-0.3, -0.25) is 4.79 Å². The number of aromatic hydroxyl groups is 2. The fourth-order valence-corrected chi connectivity index (χ4v) is 1.96. The van der Waals surface area contributed by atoms with Crippen molar-refractivity contribution in [2.75, 3.05) is 13.1 Å². The lowest BCUT2D eigenvalue weighted by Gasteiger charge is -2.19. The van der Waals surface area contributed by atoms with Crippen LogP contribution in [0.25, 0.3) is 0 Å². The Morgan fingerprint density at radius 2 is 2.06 bits per heavy atom. The summed E-state index contributed by atoms with van der Waals surface area (Å²) < 4.78 is 0. The van der Waals surface area contributed by atoms with Gasteiger partial charge in [-0.25, -0.2) is 0 Å². The van der Waals surface area contributed by atoms with Crippen LogP contribution in [0.3, 0.4) is 0 Å². The molecule has 5 nitrogen and oxygen atoms in total. The van der Waals surface area contributed by atoms with Crippen molar-refractivity contribution in [3.05, 3.63) is 23.8 Å². The number of nitrogens with zero attached hydrogens (tertiary/aromatic N) is 1. The summed E-state index contributed by atoms with van der Waals surface area (Å²) >= 11 is 0. The average molecular weight is 237 g/mol. The quantitative estimate of drug-likeness (QED) is 0.628. The Balaban J connectivity index is 2.18. The van der Waals surface area contributed by atoms with Gasteiger partial charge in [0.2, 0.25) is 0 Å². The minimum Gasteiger partial charge on any atom is -0.504 e. The summed E-state index contributed by atoms with van der Waals surface area (Å²) in [6, 6.07) is 3.95. The molecule has 1 fully saturated rings. The molecule has 1 aliphatic rings. The highest BCUT2D eigenvalue weighted by atomic mass is 16.3. The maximum Gasteiger partial charge on any atom is 0.254 e.